The summed E-state index contributed by atoms with van der Waals surface area (Å²) in [6, 6.07) is 41.1. The van der Waals surface area contributed by atoms with Crippen LogP contribution in [0.3, 0.4) is 0 Å². The van der Waals surface area contributed by atoms with E-state index in [1.807, 2.05) is 12.1 Å². The molecule has 10 rings (SSSR count). The van der Waals surface area contributed by atoms with E-state index in [4.69, 9.17) is 9.40 Å². The van der Waals surface area contributed by atoms with Crippen molar-refractivity contribution in [2.24, 2.45) is 0 Å². The van der Waals surface area contributed by atoms with Gasteiger partial charge in [-0.1, -0.05) is 60.7 Å². The molecule has 4 heterocycles. The second kappa shape index (κ2) is 6.74. The van der Waals surface area contributed by atoms with Crippen molar-refractivity contribution in [3.63, 3.8) is 0 Å². The first-order chi connectivity index (χ1) is 19.3. The van der Waals surface area contributed by atoms with E-state index in [-0.39, 0.29) is 0 Å². The van der Waals surface area contributed by atoms with Crippen LogP contribution >= 0.6 is 0 Å². The van der Waals surface area contributed by atoms with E-state index in [0.29, 0.717) is 0 Å². The molecule has 0 aliphatic carbocycles. The molecule has 0 amide bonds. The van der Waals surface area contributed by atoms with Crippen LogP contribution in [0.1, 0.15) is 0 Å². The molecule has 0 unspecified atom stereocenters. The zero-order chi connectivity index (χ0) is 25.2. The number of furan rings is 1. The molecule has 0 radical (unpaired) electrons. The van der Waals surface area contributed by atoms with Crippen molar-refractivity contribution < 1.29 is 4.42 Å². The van der Waals surface area contributed by atoms with Crippen molar-refractivity contribution in [3.8, 4) is 11.1 Å². The van der Waals surface area contributed by atoms with Crippen LogP contribution < -0.4 is 0 Å². The highest BCUT2D eigenvalue weighted by Crippen LogP contribution is 2.41. The molecule has 0 atom stereocenters. The summed E-state index contributed by atoms with van der Waals surface area (Å²) in [6.45, 7) is 0. The van der Waals surface area contributed by atoms with E-state index >= 15 is 0 Å². The Balaban J connectivity index is 1.38. The number of benzene rings is 6. The minimum Gasteiger partial charge on any atom is -0.456 e. The van der Waals surface area contributed by atoms with Gasteiger partial charge in [-0.25, -0.2) is 4.98 Å². The van der Waals surface area contributed by atoms with Gasteiger partial charge in [0.25, 0.3) is 0 Å². The molecule has 0 saturated heterocycles. The third kappa shape index (κ3) is 2.42. The van der Waals surface area contributed by atoms with Gasteiger partial charge in [-0.15, -0.1) is 0 Å². The lowest BCUT2D eigenvalue weighted by Crippen LogP contribution is -1.85. The molecular formula is C35H19N3O. The third-order valence-corrected chi connectivity index (χ3v) is 8.40. The van der Waals surface area contributed by atoms with Crippen LogP contribution in [0.2, 0.25) is 0 Å². The maximum Gasteiger partial charge on any atom is 0.220 e. The van der Waals surface area contributed by atoms with Crippen LogP contribution in [-0.4, -0.2) is 13.8 Å². The zero-order valence-corrected chi connectivity index (χ0v) is 20.7. The van der Waals surface area contributed by atoms with E-state index in [2.05, 4.69) is 112 Å². The number of aromatic nitrogens is 3. The average molecular weight is 498 g/mol. The smallest absolute Gasteiger partial charge is 0.220 e. The lowest BCUT2D eigenvalue weighted by molar-refractivity contribution is 0.669. The number of hydrogen-bond acceptors (Lipinski definition) is 2. The Bertz CT molecular complexity index is 2610. The van der Waals surface area contributed by atoms with Crippen LogP contribution in [0, 0.1) is 0 Å². The Hall–Kier alpha value is -5.35. The molecule has 4 heteroatoms. The summed E-state index contributed by atoms with van der Waals surface area (Å²) in [5.74, 6) is 0.950. The molecular weight excluding hydrogens is 478 g/mol. The maximum atomic E-state index is 6.25. The molecule has 4 nitrogen and oxygen atoms in total. The predicted octanol–water partition coefficient (Wildman–Crippen LogP) is 9.20. The summed E-state index contributed by atoms with van der Waals surface area (Å²) in [5, 5.41) is 7.26. The van der Waals surface area contributed by atoms with Crippen molar-refractivity contribution in [1.82, 2.24) is 13.8 Å². The number of hydrogen-bond donors (Lipinski definition) is 0. The SMILES string of the molecule is c1ccc2cc3c(cc2c1)c1cc(-c2ccc4c(c2)oc2ccccc24)cc2c1n3c1nc3ccccc3n21. The number of fused-ring (bicyclic) bond motifs is 12. The fourth-order valence-electron chi connectivity index (χ4n) is 6.66. The summed E-state index contributed by atoms with van der Waals surface area (Å²) >= 11 is 0. The van der Waals surface area contributed by atoms with Gasteiger partial charge in [0, 0.05) is 21.5 Å². The number of nitrogens with zero attached hydrogens (tertiary/aromatic N) is 3. The van der Waals surface area contributed by atoms with Gasteiger partial charge in [0.05, 0.1) is 27.6 Å². The quantitative estimate of drug-likeness (QED) is 0.227. The summed E-state index contributed by atoms with van der Waals surface area (Å²) < 4.78 is 10.9. The topological polar surface area (TPSA) is 34.9 Å². The third-order valence-electron chi connectivity index (χ3n) is 8.40. The van der Waals surface area contributed by atoms with Crippen molar-refractivity contribution in [3.05, 3.63) is 115 Å². The van der Waals surface area contributed by atoms with Gasteiger partial charge in [-0.05, 0) is 76.5 Å². The molecule has 0 aliphatic heterocycles. The summed E-state index contributed by atoms with van der Waals surface area (Å²) in [7, 11) is 0. The Morgan fingerprint density at radius 1 is 0.487 bits per heavy atom. The van der Waals surface area contributed by atoms with E-state index < -0.39 is 0 Å². The van der Waals surface area contributed by atoms with E-state index in [1.165, 1.54) is 32.6 Å². The number of imidazole rings is 2. The fourth-order valence-corrected chi connectivity index (χ4v) is 6.66. The fraction of sp³-hybridized carbons (Fsp3) is 0. The van der Waals surface area contributed by atoms with Crippen LogP contribution in [0.4, 0.5) is 0 Å². The van der Waals surface area contributed by atoms with Crippen molar-refractivity contribution in [2.75, 3.05) is 0 Å². The highest BCUT2D eigenvalue weighted by molar-refractivity contribution is 6.20. The van der Waals surface area contributed by atoms with Gasteiger partial charge in [0.15, 0.2) is 0 Å². The van der Waals surface area contributed by atoms with Gasteiger partial charge in [0.1, 0.15) is 11.2 Å². The molecule has 39 heavy (non-hydrogen) atoms. The highest BCUT2D eigenvalue weighted by atomic mass is 16.3. The minimum atomic E-state index is 0.910. The van der Waals surface area contributed by atoms with Crippen molar-refractivity contribution in [1.29, 1.82) is 0 Å². The average Bonchev–Trinajstić information content (AvgIpc) is 3.71. The first-order valence-electron chi connectivity index (χ1n) is 13.2. The van der Waals surface area contributed by atoms with Crippen molar-refractivity contribution >= 4 is 76.8 Å². The van der Waals surface area contributed by atoms with Gasteiger partial charge in [-0.2, -0.15) is 0 Å². The van der Waals surface area contributed by atoms with Gasteiger partial charge in [-0.3, -0.25) is 8.80 Å². The molecule has 180 valence electrons. The molecule has 0 aliphatic rings. The largest absolute Gasteiger partial charge is 0.456 e. The first-order valence-corrected chi connectivity index (χ1v) is 13.2. The second-order valence-electron chi connectivity index (χ2n) is 10.5. The molecule has 6 aromatic carbocycles. The number of para-hydroxylation sites is 3. The van der Waals surface area contributed by atoms with E-state index in [1.54, 1.807) is 0 Å². The zero-order valence-electron chi connectivity index (χ0n) is 20.7. The monoisotopic (exact) mass is 497 g/mol. The summed E-state index contributed by atoms with van der Waals surface area (Å²) in [4.78, 5) is 5.11. The van der Waals surface area contributed by atoms with Crippen LogP contribution in [-0.2, 0) is 0 Å². The molecule has 4 aromatic heterocycles. The van der Waals surface area contributed by atoms with Gasteiger partial charge in [0.2, 0.25) is 5.78 Å². The molecule has 0 spiro atoms. The van der Waals surface area contributed by atoms with E-state index in [0.717, 1.165) is 55.4 Å². The standard InChI is InChI=1S/C35H19N3O/c1-2-8-21-17-30-26(15-20(21)7-1)27-16-23(22-13-14-25-24-9-3-6-12-32(24)39-33(25)19-22)18-31-34(27)38(30)35-36-28-10-4-5-11-29(28)37(31)35/h1-19H. The first kappa shape index (κ1) is 19.7. The summed E-state index contributed by atoms with van der Waals surface area (Å²) in [6.07, 6.45) is 0. The van der Waals surface area contributed by atoms with Gasteiger partial charge >= 0.3 is 0 Å². The molecule has 0 saturated carbocycles. The lowest BCUT2D eigenvalue weighted by atomic mass is 10.00. The van der Waals surface area contributed by atoms with Crippen LogP contribution in [0.15, 0.2) is 120 Å². The molecule has 0 fully saturated rings. The van der Waals surface area contributed by atoms with Crippen LogP contribution in [0.25, 0.3) is 88.0 Å². The van der Waals surface area contributed by atoms with Gasteiger partial charge < -0.3 is 4.42 Å². The van der Waals surface area contributed by atoms with Crippen LogP contribution in [0.5, 0.6) is 0 Å². The molecule has 10 aromatic rings. The highest BCUT2D eigenvalue weighted by Gasteiger charge is 2.22. The molecule has 0 N–H and O–H groups in total. The van der Waals surface area contributed by atoms with Crippen molar-refractivity contribution in [2.45, 2.75) is 0 Å². The molecule has 0 bridgehead atoms. The summed E-state index contributed by atoms with van der Waals surface area (Å²) in [5.41, 5.74) is 9.81. The Morgan fingerprint density at radius 3 is 2.23 bits per heavy atom. The Morgan fingerprint density at radius 2 is 1.28 bits per heavy atom. The normalized spacial score (nSPS) is 12.6. The second-order valence-corrected chi connectivity index (χ2v) is 10.5. The number of rotatable bonds is 1. The minimum absolute atomic E-state index is 0.910. The maximum absolute atomic E-state index is 6.25. The van der Waals surface area contributed by atoms with E-state index in [9.17, 15) is 0 Å². The Labute approximate surface area is 221 Å². The Kier molecular flexibility index (Phi) is 3.41. The lowest BCUT2D eigenvalue weighted by Gasteiger charge is -2.05. The predicted molar refractivity (Wildman–Crippen MR) is 160 cm³/mol.